The molecular formula is C13H30N2O2. The maximum absolute atomic E-state index is 6.07. The lowest BCUT2D eigenvalue weighted by Crippen LogP contribution is -2.40. The van der Waals surface area contributed by atoms with E-state index in [1.165, 1.54) is 0 Å². The normalized spacial score (nSPS) is 13.2. The van der Waals surface area contributed by atoms with Crippen LogP contribution in [0, 0.1) is 0 Å². The fourth-order valence-electron chi connectivity index (χ4n) is 1.76. The molecule has 0 aliphatic rings. The van der Waals surface area contributed by atoms with Crippen LogP contribution in [0.2, 0.25) is 0 Å². The van der Waals surface area contributed by atoms with E-state index in [-0.39, 0.29) is 6.04 Å². The van der Waals surface area contributed by atoms with Crippen molar-refractivity contribution in [3.63, 3.8) is 0 Å². The summed E-state index contributed by atoms with van der Waals surface area (Å²) in [6.07, 6.45) is 2.23. The molecule has 1 unspecified atom stereocenters. The Kier molecular flexibility index (Phi) is 12.2. The summed E-state index contributed by atoms with van der Waals surface area (Å²) in [5.41, 5.74) is 6.07. The van der Waals surface area contributed by atoms with Gasteiger partial charge in [0.25, 0.3) is 0 Å². The van der Waals surface area contributed by atoms with E-state index in [0.29, 0.717) is 0 Å². The summed E-state index contributed by atoms with van der Waals surface area (Å²) in [5.74, 6) is 0. The average molecular weight is 246 g/mol. The average Bonchev–Trinajstić information content (AvgIpc) is 2.29. The molecule has 4 heteroatoms. The topological polar surface area (TPSA) is 47.7 Å². The molecule has 0 aromatic heterocycles. The van der Waals surface area contributed by atoms with E-state index in [1.54, 1.807) is 0 Å². The fraction of sp³-hybridized carbons (Fsp3) is 1.00. The van der Waals surface area contributed by atoms with Crippen LogP contribution >= 0.6 is 0 Å². The molecule has 0 aliphatic carbocycles. The Morgan fingerprint density at radius 1 is 1.00 bits per heavy atom. The van der Waals surface area contributed by atoms with Crippen LogP contribution in [0.25, 0.3) is 0 Å². The molecule has 0 aliphatic heterocycles. The summed E-state index contributed by atoms with van der Waals surface area (Å²) in [6.45, 7) is 12.2. The zero-order chi connectivity index (χ0) is 12.9. The van der Waals surface area contributed by atoms with Crippen LogP contribution in [0.1, 0.15) is 33.6 Å². The van der Waals surface area contributed by atoms with Crippen LogP contribution < -0.4 is 5.73 Å². The summed E-state index contributed by atoms with van der Waals surface area (Å²) < 4.78 is 10.8. The molecular weight excluding hydrogens is 216 g/mol. The molecule has 4 nitrogen and oxygen atoms in total. The maximum atomic E-state index is 6.07. The molecule has 0 saturated heterocycles. The Hall–Kier alpha value is -0.160. The molecule has 17 heavy (non-hydrogen) atoms. The number of hydrogen-bond acceptors (Lipinski definition) is 4. The third-order valence-electron chi connectivity index (χ3n) is 2.66. The Morgan fingerprint density at radius 2 is 1.53 bits per heavy atom. The molecule has 0 bridgehead atoms. The number of nitrogens with zero attached hydrogens (tertiary/aromatic N) is 1. The molecule has 0 spiro atoms. The van der Waals surface area contributed by atoms with Gasteiger partial charge in [0, 0.05) is 38.9 Å². The number of ether oxygens (including phenoxy) is 2. The molecule has 104 valence electrons. The smallest absolute Gasteiger partial charge is 0.0593 e. The summed E-state index contributed by atoms with van der Waals surface area (Å²) in [5, 5.41) is 0. The fourth-order valence-corrected chi connectivity index (χ4v) is 1.76. The van der Waals surface area contributed by atoms with Gasteiger partial charge in [-0.25, -0.2) is 0 Å². The van der Waals surface area contributed by atoms with E-state index in [1.807, 2.05) is 13.8 Å². The maximum Gasteiger partial charge on any atom is 0.0593 e. The van der Waals surface area contributed by atoms with Gasteiger partial charge in [0.05, 0.1) is 13.2 Å². The van der Waals surface area contributed by atoms with Crippen molar-refractivity contribution in [2.45, 2.75) is 39.7 Å². The van der Waals surface area contributed by atoms with Crippen LogP contribution in [-0.2, 0) is 9.47 Å². The van der Waals surface area contributed by atoms with Gasteiger partial charge in [-0.1, -0.05) is 13.3 Å². The van der Waals surface area contributed by atoms with Gasteiger partial charge in [-0.2, -0.15) is 0 Å². The first-order chi connectivity index (χ1) is 8.24. The highest BCUT2D eigenvalue weighted by Gasteiger charge is 2.09. The Labute approximate surface area is 106 Å². The first-order valence-corrected chi connectivity index (χ1v) is 6.87. The van der Waals surface area contributed by atoms with Gasteiger partial charge in [-0.3, -0.25) is 4.90 Å². The van der Waals surface area contributed by atoms with Crippen molar-refractivity contribution in [1.29, 1.82) is 0 Å². The van der Waals surface area contributed by atoms with Crippen LogP contribution in [0.4, 0.5) is 0 Å². The van der Waals surface area contributed by atoms with Gasteiger partial charge in [-0.05, 0) is 20.3 Å². The summed E-state index contributed by atoms with van der Waals surface area (Å²) in [7, 11) is 0. The van der Waals surface area contributed by atoms with E-state index in [9.17, 15) is 0 Å². The van der Waals surface area contributed by atoms with E-state index in [4.69, 9.17) is 15.2 Å². The highest BCUT2D eigenvalue weighted by Crippen LogP contribution is 1.98. The Balaban J connectivity index is 3.82. The molecule has 0 saturated carbocycles. The number of hydrogen-bond donors (Lipinski definition) is 1. The molecule has 0 rings (SSSR count). The van der Waals surface area contributed by atoms with Crippen LogP contribution in [0.3, 0.4) is 0 Å². The SMILES string of the molecule is CCCC(N)CN(CCOCC)CCOCC. The van der Waals surface area contributed by atoms with Crippen molar-refractivity contribution in [3.05, 3.63) is 0 Å². The van der Waals surface area contributed by atoms with Crippen molar-refractivity contribution < 1.29 is 9.47 Å². The minimum Gasteiger partial charge on any atom is -0.380 e. The highest BCUT2D eigenvalue weighted by molar-refractivity contribution is 4.68. The number of rotatable bonds is 12. The van der Waals surface area contributed by atoms with Gasteiger partial charge < -0.3 is 15.2 Å². The quantitative estimate of drug-likeness (QED) is 0.530. The van der Waals surface area contributed by atoms with E-state index >= 15 is 0 Å². The standard InChI is InChI=1S/C13H30N2O2/c1-4-7-13(14)12-15(8-10-16-5-2)9-11-17-6-3/h13H,4-12,14H2,1-3H3. The zero-order valence-corrected chi connectivity index (χ0v) is 11.8. The second-order valence-electron chi connectivity index (χ2n) is 4.24. The molecule has 0 fully saturated rings. The van der Waals surface area contributed by atoms with E-state index in [0.717, 1.165) is 58.9 Å². The minimum absolute atomic E-state index is 0.267. The first-order valence-electron chi connectivity index (χ1n) is 6.87. The first kappa shape index (κ1) is 16.8. The molecule has 0 radical (unpaired) electrons. The second kappa shape index (κ2) is 12.3. The Bertz CT molecular complexity index is 146. The molecule has 0 amide bonds. The van der Waals surface area contributed by atoms with Gasteiger partial charge in [-0.15, -0.1) is 0 Å². The van der Waals surface area contributed by atoms with Gasteiger partial charge >= 0.3 is 0 Å². The third kappa shape index (κ3) is 10.7. The molecule has 0 aromatic rings. The van der Waals surface area contributed by atoms with E-state index in [2.05, 4.69) is 11.8 Å². The van der Waals surface area contributed by atoms with Gasteiger partial charge in [0.2, 0.25) is 0 Å². The Morgan fingerprint density at radius 3 is 1.94 bits per heavy atom. The lowest BCUT2D eigenvalue weighted by atomic mass is 10.1. The van der Waals surface area contributed by atoms with Crippen molar-refractivity contribution in [2.75, 3.05) is 46.1 Å². The lowest BCUT2D eigenvalue weighted by Gasteiger charge is -2.25. The zero-order valence-electron chi connectivity index (χ0n) is 11.8. The largest absolute Gasteiger partial charge is 0.380 e. The number of nitrogens with two attached hydrogens (primary N) is 1. The van der Waals surface area contributed by atoms with Crippen LogP contribution in [0.15, 0.2) is 0 Å². The van der Waals surface area contributed by atoms with Crippen molar-refractivity contribution in [2.24, 2.45) is 5.73 Å². The summed E-state index contributed by atoms with van der Waals surface area (Å²) in [4.78, 5) is 2.34. The molecule has 1 atom stereocenters. The summed E-state index contributed by atoms with van der Waals surface area (Å²) in [6, 6.07) is 0.267. The van der Waals surface area contributed by atoms with E-state index < -0.39 is 0 Å². The third-order valence-corrected chi connectivity index (χ3v) is 2.66. The second-order valence-corrected chi connectivity index (χ2v) is 4.24. The van der Waals surface area contributed by atoms with Crippen LogP contribution in [-0.4, -0.2) is 57.0 Å². The predicted molar refractivity (Wildman–Crippen MR) is 72.3 cm³/mol. The summed E-state index contributed by atoms with van der Waals surface area (Å²) >= 11 is 0. The molecule has 0 aromatic carbocycles. The predicted octanol–water partition coefficient (Wildman–Crippen LogP) is 1.49. The molecule has 2 N–H and O–H groups in total. The van der Waals surface area contributed by atoms with Crippen molar-refractivity contribution in [1.82, 2.24) is 4.90 Å². The van der Waals surface area contributed by atoms with Crippen molar-refractivity contribution >= 4 is 0 Å². The van der Waals surface area contributed by atoms with Crippen LogP contribution in [0.5, 0.6) is 0 Å². The van der Waals surface area contributed by atoms with Gasteiger partial charge in [0.1, 0.15) is 0 Å². The minimum atomic E-state index is 0.267. The highest BCUT2D eigenvalue weighted by atomic mass is 16.5. The molecule has 0 heterocycles. The lowest BCUT2D eigenvalue weighted by molar-refractivity contribution is 0.0799. The monoisotopic (exact) mass is 246 g/mol. The van der Waals surface area contributed by atoms with Gasteiger partial charge in [0.15, 0.2) is 0 Å². The van der Waals surface area contributed by atoms with Crippen molar-refractivity contribution in [3.8, 4) is 0 Å².